The number of rotatable bonds is 4. The van der Waals surface area contributed by atoms with Crippen LogP contribution in [0.3, 0.4) is 0 Å². The topological polar surface area (TPSA) is 94.1 Å². The number of phenolic OH excluding ortho intramolecular Hbond substituents is 1. The van der Waals surface area contributed by atoms with E-state index in [9.17, 15) is 14.3 Å². The molecular weight excluding hydrogens is 433 g/mol. The van der Waals surface area contributed by atoms with E-state index < -0.39 is 0 Å². The fourth-order valence-electron chi connectivity index (χ4n) is 4.16. The van der Waals surface area contributed by atoms with E-state index in [2.05, 4.69) is 15.5 Å². The van der Waals surface area contributed by atoms with E-state index in [4.69, 9.17) is 4.98 Å². The number of aromatic nitrogens is 3. The van der Waals surface area contributed by atoms with Gasteiger partial charge in [-0.05, 0) is 66.6 Å². The average Bonchev–Trinajstić information content (AvgIpc) is 3.26. The van der Waals surface area contributed by atoms with Gasteiger partial charge in [0.2, 0.25) is 0 Å². The second kappa shape index (κ2) is 9.07. The first-order valence-corrected chi connectivity index (χ1v) is 11.1. The predicted molar refractivity (Wildman–Crippen MR) is 130 cm³/mol. The van der Waals surface area contributed by atoms with E-state index >= 15 is 0 Å². The Morgan fingerprint density at radius 2 is 1.85 bits per heavy atom. The molecule has 2 aromatic carbocycles. The number of amides is 1. The monoisotopic (exact) mass is 457 g/mol. The number of nitrogens with one attached hydrogen (secondary N) is 2. The molecule has 0 saturated carbocycles. The van der Waals surface area contributed by atoms with Gasteiger partial charge < -0.3 is 15.3 Å². The molecule has 1 fully saturated rings. The number of aromatic amines is 1. The first kappa shape index (κ1) is 21.8. The molecule has 4 aromatic rings. The summed E-state index contributed by atoms with van der Waals surface area (Å²) < 4.78 is 13.5. The van der Waals surface area contributed by atoms with Gasteiger partial charge in [0.15, 0.2) is 5.65 Å². The maximum absolute atomic E-state index is 13.6. The molecule has 2 aromatic heterocycles. The molecule has 172 valence electrons. The van der Waals surface area contributed by atoms with Crippen LogP contribution in [0.4, 0.5) is 4.39 Å². The number of carbonyl (C=O) groups is 1. The summed E-state index contributed by atoms with van der Waals surface area (Å²) in [6.45, 7) is 4.57. The molecule has 0 aliphatic carbocycles. The van der Waals surface area contributed by atoms with Crippen LogP contribution >= 0.6 is 0 Å². The molecule has 0 atom stereocenters. The number of carbonyl (C=O) groups excluding carboxylic acids is 1. The highest BCUT2D eigenvalue weighted by Gasteiger charge is 2.24. The van der Waals surface area contributed by atoms with Gasteiger partial charge in [0.1, 0.15) is 11.6 Å². The molecule has 0 unspecified atom stereocenters. The molecule has 1 aliphatic rings. The molecule has 0 radical (unpaired) electrons. The number of fused-ring (bicyclic) bond motifs is 1. The zero-order valence-electron chi connectivity index (χ0n) is 18.7. The molecule has 0 spiro atoms. The summed E-state index contributed by atoms with van der Waals surface area (Å²) in [4.78, 5) is 20.1. The first-order chi connectivity index (χ1) is 16.5. The van der Waals surface area contributed by atoms with Crippen molar-refractivity contribution >= 4 is 29.1 Å². The van der Waals surface area contributed by atoms with Crippen LogP contribution < -0.4 is 5.32 Å². The Morgan fingerprint density at radius 3 is 2.59 bits per heavy atom. The van der Waals surface area contributed by atoms with Crippen molar-refractivity contribution in [2.45, 2.75) is 6.92 Å². The molecule has 1 amide bonds. The second-order valence-electron chi connectivity index (χ2n) is 8.31. The molecule has 5 rings (SSSR count). The smallest absolute Gasteiger partial charge is 0.254 e. The van der Waals surface area contributed by atoms with Crippen LogP contribution in [0.25, 0.3) is 34.4 Å². The van der Waals surface area contributed by atoms with E-state index in [1.165, 1.54) is 12.1 Å². The Balaban J connectivity index is 1.62. The number of H-pyrrole nitrogens is 1. The Morgan fingerprint density at radius 1 is 1.09 bits per heavy atom. The van der Waals surface area contributed by atoms with E-state index in [1.807, 2.05) is 24.0 Å². The maximum Gasteiger partial charge on any atom is 0.254 e. The first-order valence-electron chi connectivity index (χ1n) is 11.1. The lowest BCUT2D eigenvalue weighted by Gasteiger charge is -2.27. The van der Waals surface area contributed by atoms with Crippen molar-refractivity contribution < 1.29 is 14.3 Å². The van der Waals surface area contributed by atoms with Crippen molar-refractivity contribution in [3.63, 3.8) is 0 Å². The number of nitrogens with zero attached hydrogens (tertiary/aromatic N) is 3. The van der Waals surface area contributed by atoms with Gasteiger partial charge in [-0.15, -0.1) is 0 Å². The fourth-order valence-corrected chi connectivity index (χ4v) is 4.16. The summed E-state index contributed by atoms with van der Waals surface area (Å²) in [5, 5.41) is 20.9. The lowest BCUT2D eigenvalue weighted by atomic mass is 10.0. The second-order valence-corrected chi connectivity index (χ2v) is 8.31. The van der Waals surface area contributed by atoms with Gasteiger partial charge in [0.05, 0.1) is 22.3 Å². The van der Waals surface area contributed by atoms with Crippen LogP contribution in [0.15, 0.2) is 48.5 Å². The largest absolute Gasteiger partial charge is 0.508 e. The van der Waals surface area contributed by atoms with Crippen molar-refractivity contribution in [1.82, 2.24) is 25.4 Å². The number of benzene rings is 2. The molecule has 0 bridgehead atoms. The Labute approximate surface area is 195 Å². The van der Waals surface area contributed by atoms with E-state index in [1.54, 1.807) is 36.4 Å². The van der Waals surface area contributed by atoms with Crippen molar-refractivity contribution in [1.29, 1.82) is 0 Å². The minimum Gasteiger partial charge on any atom is -0.508 e. The van der Waals surface area contributed by atoms with Gasteiger partial charge in [-0.3, -0.25) is 9.89 Å². The molecule has 8 heteroatoms. The zero-order chi connectivity index (χ0) is 23.7. The number of piperazine rings is 1. The highest BCUT2D eigenvalue weighted by molar-refractivity contribution is 6.09. The van der Waals surface area contributed by atoms with Crippen LogP contribution in [0.5, 0.6) is 5.75 Å². The molecule has 34 heavy (non-hydrogen) atoms. The summed E-state index contributed by atoms with van der Waals surface area (Å²) in [5.41, 5.74) is 4.66. The number of aromatic hydroxyl groups is 1. The highest BCUT2D eigenvalue weighted by Crippen LogP contribution is 2.29. The normalized spacial score (nSPS) is 14.2. The number of pyridine rings is 1. The molecule has 1 aliphatic heterocycles. The van der Waals surface area contributed by atoms with Crippen LogP contribution in [0.1, 0.15) is 27.2 Å². The third kappa shape index (κ3) is 4.27. The molecule has 7 nitrogen and oxygen atoms in total. The Kier molecular flexibility index (Phi) is 5.81. The summed E-state index contributed by atoms with van der Waals surface area (Å²) in [7, 11) is 0. The number of aryl methyl sites for hydroxylation is 1. The van der Waals surface area contributed by atoms with E-state index in [-0.39, 0.29) is 17.5 Å². The zero-order valence-corrected chi connectivity index (χ0v) is 18.7. The van der Waals surface area contributed by atoms with Crippen LogP contribution in [0.2, 0.25) is 0 Å². The van der Waals surface area contributed by atoms with E-state index in [0.29, 0.717) is 41.1 Å². The van der Waals surface area contributed by atoms with Gasteiger partial charge in [0.25, 0.3) is 5.91 Å². The van der Waals surface area contributed by atoms with Gasteiger partial charge in [-0.1, -0.05) is 12.1 Å². The summed E-state index contributed by atoms with van der Waals surface area (Å²) in [6.07, 6.45) is 3.67. The Bertz CT molecular complexity index is 1390. The molecular formula is C26H24FN5O2. The Hall–Kier alpha value is -4.04. The van der Waals surface area contributed by atoms with E-state index in [0.717, 1.165) is 29.8 Å². The molecule has 3 N–H and O–H groups in total. The standard InChI is InChI=1S/C26H24FN5O2/c1-16-14-19(27)6-2-17(16)5-9-22-24-21(26(34)32-12-10-28-11-13-32)15-23(29-25(24)31-30-22)18-3-7-20(33)8-4-18/h2-9,14-15,28,33H,10-13H2,1H3,(H,29,30,31). The maximum atomic E-state index is 13.6. The fraction of sp³-hybridized carbons (Fsp3) is 0.192. The number of hydrogen-bond acceptors (Lipinski definition) is 5. The van der Waals surface area contributed by atoms with Crippen molar-refractivity contribution in [2.75, 3.05) is 26.2 Å². The molecule has 3 heterocycles. The van der Waals surface area contributed by atoms with Crippen molar-refractivity contribution in [3.8, 4) is 17.0 Å². The number of hydrogen-bond donors (Lipinski definition) is 3. The lowest BCUT2D eigenvalue weighted by molar-refractivity contribution is 0.0737. The number of phenols is 1. The van der Waals surface area contributed by atoms with Gasteiger partial charge in [-0.2, -0.15) is 5.10 Å². The third-order valence-corrected chi connectivity index (χ3v) is 6.01. The van der Waals surface area contributed by atoms with Crippen molar-refractivity contribution in [3.05, 3.63) is 76.7 Å². The van der Waals surface area contributed by atoms with Crippen molar-refractivity contribution in [2.24, 2.45) is 0 Å². The van der Waals surface area contributed by atoms with Gasteiger partial charge in [-0.25, -0.2) is 9.37 Å². The minimum atomic E-state index is -0.283. The predicted octanol–water partition coefficient (Wildman–Crippen LogP) is 3.99. The lowest BCUT2D eigenvalue weighted by Crippen LogP contribution is -2.46. The summed E-state index contributed by atoms with van der Waals surface area (Å²) in [6, 6.07) is 13.1. The quantitative estimate of drug-likeness (QED) is 0.431. The SMILES string of the molecule is Cc1cc(F)ccc1C=Cc1n[nH]c2nc(-c3ccc(O)cc3)cc(C(=O)N3CCNCC3)c12. The average molecular weight is 458 g/mol. The van der Waals surface area contributed by atoms with Gasteiger partial charge in [0, 0.05) is 31.7 Å². The van der Waals surface area contributed by atoms with Crippen LogP contribution in [-0.4, -0.2) is 57.3 Å². The summed E-state index contributed by atoms with van der Waals surface area (Å²) >= 11 is 0. The van der Waals surface area contributed by atoms with Crippen LogP contribution in [-0.2, 0) is 0 Å². The molecule has 1 saturated heterocycles. The highest BCUT2D eigenvalue weighted by atomic mass is 19.1. The third-order valence-electron chi connectivity index (χ3n) is 6.01. The van der Waals surface area contributed by atoms with Crippen LogP contribution in [0, 0.1) is 12.7 Å². The minimum absolute atomic E-state index is 0.0806. The summed E-state index contributed by atoms with van der Waals surface area (Å²) in [5.74, 6) is -0.204. The van der Waals surface area contributed by atoms with Gasteiger partial charge >= 0.3 is 0 Å². The number of halogens is 1.